The molecule has 9 heteroatoms. The molecule has 0 saturated carbocycles. The van der Waals surface area contributed by atoms with Gasteiger partial charge in [-0.05, 0) is 74.1 Å². The SMILES string of the molecule is CN(C)CCC(=O)N(C)c1ccc(NC(=C2C(=O)Nc3cc(F)ccc32)c2ccc(CCC(=O)O)cc2)cc1. The molecule has 3 aromatic carbocycles. The fraction of sp³-hybridized carbons (Fsp3) is 0.233. The van der Waals surface area contributed by atoms with Gasteiger partial charge in [-0.25, -0.2) is 4.39 Å². The molecule has 1 aliphatic heterocycles. The van der Waals surface area contributed by atoms with E-state index in [-0.39, 0.29) is 18.2 Å². The van der Waals surface area contributed by atoms with Crippen molar-refractivity contribution in [3.8, 4) is 0 Å². The topological polar surface area (TPSA) is 102 Å². The zero-order chi connectivity index (χ0) is 28.1. The number of anilines is 3. The Morgan fingerprint density at radius 3 is 2.28 bits per heavy atom. The van der Waals surface area contributed by atoms with E-state index in [1.165, 1.54) is 12.1 Å². The number of nitrogens with one attached hydrogen (secondary N) is 2. The fourth-order valence-electron chi connectivity index (χ4n) is 4.31. The molecule has 0 aliphatic carbocycles. The maximum absolute atomic E-state index is 13.9. The molecule has 3 aromatic rings. The highest BCUT2D eigenvalue weighted by molar-refractivity contribution is 6.37. The quantitative estimate of drug-likeness (QED) is 0.329. The van der Waals surface area contributed by atoms with Crippen LogP contribution >= 0.6 is 0 Å². The summed E-state index contributed by atoms with van der Waals surface area (Å²) < 4.78 is 13.9. The molecule has 0 fully saturated rings. The van der Waals surface area contributed by atoms with Crippen LogP contribution in [0, 0.1) is 5.82 Å². The molecule has 0 unspecified atom stereocenters. The van der Waals surface area contributed by atoms with Crippen molar-refractivity contribution in [1.82, 2.24) is 4.90 Å². The molecular weight excluding hydrogens is 499 g/mol. The lowest BCUT2D eigenvalue weighted by molar-refractivity contribution is -0.137. The second kappa shape index (κ2) is 11.9. The maximum Gasteiger partial charge on any atom is 0.303 e. The van der Waals surface area contributed by atoms with E-state index < -0.39 is 11.8 Å². The number of hydrogen-bond acceptors (Lipinski definition) is 5. The Hall–Kier alpha value is -4.50. The zero-order valence-corrected chi connectivity index (χ0v) is 22.1. The summed E-state index contributed by atoms with van der Waals surface area (Å²) in [5.74, 6) is -1.69. The van der Waals surface area contributed by atoms with Crippen molar-refractivity contribution in [2.75, 3.05) is 43.2 Å². The second-order valence-corrected chi connectivity index (χ2v) is 9.66. The van der Waals surface area contributed by atoms with E-state index in [0.29, 0.717) is 53.2 Å². The summed E-state index contributed by atoms with van der Waals surface area (Å²) in [5, 5.41) is 15.1. The van der Waals surface area contributed by atoms with Crippen molar-refractivity contribution in [3.63, 3.8) is 0 Å². The molecule has 39 heavy (non-hydrogen) atoms. The maximum atomic E-state index is 13.9. The monoisotopic (exact) mass is 530 g/mol. The van der Waals surface area contributed by atoms with Crippen LogP contribution < -0.4 is 15.5 Å². The Morgan fingerprint density at radius 1 is 0.949 bits per heavy atom. The van der Waals surface area contributed by atoms with Gasteiger partial charge in [-0.2, -0.15) is 0 Å². The van der Waals surface area contributed by atoms with E-state index in [0.717, 1.165) is 11.3 Å². The summed E-state index contributed by atoms with van der Waals surface area (Å²) in [6.45, 7) is 0.655. The minimum absolute atomic E-state index is 0.00155. The number of rotatable bonds is 10. The average molecular weight is 531 g/mol. The number of aliphatic carboxylic acids is 1. The summed E-state index contributed by atoms with van der Waals surface area (Å²) >= 11 is 0. The van der Waals surface area contributed by atoms with Gasteiger partial charge in [-0.1, -0.05) is 24.3 Å². The van der Waals surface area contributed by atoms with Gasteiger partial charge in [-0.15, -0.1) is 0 Å². The lowest BCUT2D eigenvalue weighted by atomic mass is 9.98. The molecule has 0 bridgehead atoms. The molecule has 0 saturated heterocycles. The van der Waals surface area contributed by atoms with E-state index in [9.17, 15) is 18.8 Å². The number of carboxylic acids is 1. The van der Waals surface area contributed by atoms with Gasteiger partial charge in [0.25, 0.3) is 5.91 Å². The lowest BCUT2D eigenvalue weighted by Crippen LogP contribution is -2.29. The summed E-state index contributed by atoms with van der Waals surface area (Å²) in [7, 11) is 5.57. The van der Waals surface area contributed by atoms with Gasteiger partial charge in [0.05, 0.1) is 17.0 Å². The van der Waals surface area contributed by atoms with Crippen LogP contribution in [0.5, 0.6) is 0 Å². The van der Waals surface area contributed by atoms with Gasteiger partial charge in [0, 0.05) is 43.4 Å². The van der Waals surface area contributed by atoms with E-state index in [2.05, 4.69) is 10.6 Å². The number of amides is 2. The molecule has 3 N–H and O–H groups in total. The first kappa shape index (κ1) is 27.5. The lowest BCUT2D eigenvalue weighted by Gasteiger charge is -2.20. The molecule has 0 aromatic heterocycles. The Balaban J connectivity index is 1.66. The van der Waals surface area contributed by atoms with E-state index >= 15 is 0 Å². The van der Waals surface area contributed by atoms with Crippen LogP contribution in [0.3, 0.4) is 0 Å². The highest BCUT2D eigenvalue weighted by Gasteiger charge is 2.29. The molecule has 0 spiro atoms. The fourth-order valence-corrected chi connectivity index (χ4v) is 4.31. The van der Waals surface area contributed by atoms with E-state index in [4.69, 9.17) is 5.11 Å². The molecule has 1 aliphatic rings. The number of fused-ring (bicyclic) bond motifs is 1. The van der Waals surface area contributed by atoms with Crippen molar-refractivity contribution in [3.05, 3.63) is 89.2 Å². The van der Waals surface area contributed by atoms with Crippen molar-refractivity contribution in [2.24, 2.45) is 0 Å². The number of benzene rings is 3. The number of carbonyl (C=O) groups excluding carboxylic acids is 2. The van der Waals surface area contributed by atoms with E-state index in [1.807, 2.05) is 67.5 Å². The second-order valence-electron chi connectivity index (χ2n) is 9.66. The van der Waals surface area contributed by atoms with Crippen molar-refractivity contribution in [2.45, 2.75) is 19.3 Å². The average Bonchev–Trinajstić information content (AvgIpc) is 3.23. The third-order valence-corrected chi connectivity index (χ3v) is 6.52. The van der Waals surface area contributed by atoms with Crippen LogP contribution in [0.2, 0.25) is 0 Å². The minimum Gasteiger partial charge on any atom is -0.481 e. The molecular formula is C30H31FN4O4. The van der Waals surface area contributed by atoms with Gasteiger partial charge in [-0.3, -0.25) is 14.4 Å². The van der Waals surface area contributed by atoms with Crippen LogP contribution in [0.4, 0.5) is 21.5 Å². The first-order chi connectivity index (χ1) is 18.6. The molecule has 2 amide bonds. The Bertz CT molecular complexity index is 1420. The number of halogens is 1. The van der Waals surface area contributed by atoms with Gasteiger partial charge in [0.15, 0.2) is 0 Å². The highest BCUT2D eigenvalue weighted by atomic mass is 19.1. The smallest absolute Gasteiger partial charge is 0.303 e. The molecule has 202 valence electrons. The van der Waals surface area contributed by atoms with Crippen molar-refractivity contribution < 1.29 is 23.9 Å². The zero-order valence-electron chi connectivity index (χ0n) is 22.1. The summed E-state index contributed by atoms with van der Waals surface area (Å²) in [5.41, 5.74) is 4.83. The van der Waals surface area contributed by atoms with Crippen molar-refractivity contribution >= 4 is 46.1 Å². The van der Waals surface area contributed by atoms with Gasteiger partial charge in [0.1, 0.15) is 5.82 Å². The normalized spacial score (nSPS) is 13.6. The molecule has 0 atom stereocenters. The molecule has 4 rings (SSSR count). The number of nitrogens with zero attached hydrogens (tertiary/aromatic N) is 2. The predicted molar refractivity (Wildman–Crippen MR) is 151 cm³/mol. The molecule has 1 heterocycles. The first-order valence-electron chi connectivity index (χ1n) is 12.6. The van der Waals surface area contributed by atoms with Crippen LogP contribution in [-0.2, 0) is 20.8 Å². The minimum atomic E-state index is -0.872. The van der Waals surface area contributed by atoms with Crippen molar-refractivity contribution in [1.29, 1.82) is 0 Å². The van der Waals surface area contributed by atoms with Crippen LogP contribution in [0.1, 0.15) is 29.5 Å². The molecule has 0 radical (unpaired) electrons. The van der Waals surface area contributed by atoms with Crippen LogP contribution in [-0.4, -0.2) is 55.5 Å². The summed E-state index contributed by atoms with van der Waals surface area (Å²) in [6.07, 6.45) is 0.808. The number of aryl methyl sites for hydroxylation is 1. The van der Waals surface area contributed by atoms with Crippen LogP contribution in [0.15, 0.2) is 66.7 Å². The third kappa shape index (κ3) is 6.69. The summed E-state index contributed by atoms with van der Waals surface area (Å²) in [4.78, 5) is 40.1. The Morgan fingerprint density at radius 2 is 1.64 bits per heavy atom. The standard InChI is InChI=1S/C30H31FN4O4/c1-34(2)17-16-26(36)35(3)23-12-10-22(11-13-23)32-29(20-7-4-19(5-8-20)6-15-27(37)38)28-24-14-9-21(31)18-25(24)33-30(28)39/h4-5,7-14,18,32H,6,15-17H2,1-3H3,(H,33,39)(H,37,38). The highest BCUT2D eigenvalue weighted by Crippen LogP contribution is 2.38. The third-order valence-electron chi connectivity index (χ3n) is 6.52. The summed E-state index contributed by atoms with van der Waals surface area (Å²) in [6, 6.07) is 18.8. The number of carboxylic acid groups (broad SMARTS) is 1. The van der Waals surface area contributed by atoms with Gasteiger partial charge < -0.3 is 25.5 Å². The number of hydrogen-bond donors (Lipinski definition) is 3. The molecule has 8 nitrogen and oxygen atoms in total. The van der Waals surface area contributed by atoms with Crippen LogP contribution in [0.25, 0.3) is 11.3 Å². The largest absolute Gasteiger partial charge is 0.481 e. The Labute approximate surface area is 226 Å². The van der Waals surface area contributed by atoms with Gasteiger partial charge in [0.2, 0.25) is 5.91 Å². The van der Waals surface area contributed by atoms with E-state index in [1.54, 1.807) is 18.0 Å². The predicted octanol–water partition coefficient (Wildman–Crippen LogP) is 4.69. The van der Waals surface area contributed by atoms with Gasteiger partial charge >= 0.3 is 5.97 Å². The Kier molecular flexibility index (Phi) is 8.41. The first-order valence-corrected chi connectivity index (χ1v) is 12.6. The number of carbonyl (C=O) groups is 3.